The van der Waals surface area contributed by atoms with Crippen LogP contribution in [-0.4, -0.2) is 16.3 Å². The monoisotopic (exact) mass is 244 g/mol. The quantitative estimate of drug-likeness (QED) is 0.629. The van der Waals surface area contributed by atoms with Gasteiger partial charge in [-0.3, -0.25) is 5.21 Å². The Labute approximate surface area is 105 Å². The van der Waals surface area contributed by atoms with Gasteiger partial charge in [-0.2, -0.15) is 0 Å². The molecule has 1 aromatic carbocycles. The number of nitrogens with zero attached hydrogens (tertiary/aromatic N) is 1. The molecule has 0 atom stereocenters. The van der Waals surface area contributed by atoms with Gasteiger partial charge in [0.2, 0.25) is 6.20 Å². The van der Waals surface area contributed by atoms with Gasteiger partial charge < -0.3 is 5.11 Å². The lowest BCUT2D eigenvalue weighted by Crippen LogP contribution is -2.37. The second-order valence-corrected chi connectivity index (χ2v) is 4.25. The van der Waals surface area contributed by atoms with Gasteiger partial charge in [-0.05, 0) is 36.6 Å². The Bertz CT molecular complexity index is 620. The van der Waals surface area contributed by atoms with Gasteiger partial charge in [0.05, 0.1) is 5.56 Å². The minimum absolute atomic E-state index is 0.164. The first kappa shape index (κ1) is 12.1. The molecule has 0 aliphatic carbocycles. The summed E-state index contributed by atoms with van der Waals surface area (Å²) < 4.78 is 0.632. The molecule has 4 nitrogen and oxygen atoms in total. The molecule has 0 bridgehead atoms. The van der Waals surface area contributed by atoms with Crippen LogP contribution in [0.4, 0.5) is 0 Å². The predicted octanol–water partition coefficient (Wildman–Crippen LogP) is 2.19. The fourth-order valence-electron chi connectivity index (χ4n) is 1.75. The fourth-order valence-corrected chi connectivity index (χ4v) is 1.75. The summed E-state index contributed by atoms with van der Waals surface area (Å²) in [6.07, 6.45) is 1.40. The summed E-state index contributed by atoms with van der Waals surface area (Å²) in [5, 5.41) is 18.4. The van der Waals surface area contributed by atoms with Crippen LogP contribution in [0.25, 0.3) is 11.1 Å². The van der Waals surface area contributed by atoms with Crippen LogP contribution >= 0.6 is 0 Å². The van der Waals surface area contributed by atoms with Gasteiger partial charge in [0.15, 0.2) is 0 Å². The van der Waals surface area contributed by atoms with Crippen molar-refractivity contribution in [1.82, 2.24) is 0 Å². The number of aromatic carboxylic acids is 1. The van der Waals surface area contributed by atoms with Crippen LogP contribution in [0.15, 0.2) is 36.5 Å². The van der Waals surface area contributed by atoms with Crippen molar-refractivity contribution in [3.05, 3.63) is 53.3 Å². The normalized spacial score (nSPS) is 10.3. The minimum Gasteiger partial charge on any atom is -0.473 e. The van der Waals surface area contributed by atoms with E-state index in [4.69, 9.17) is 5.11 Å². The first-order chi connectivity index (χ1) is 8.49. The van der Waals surface area contributed by atoms with Crippen LogP contribution in [0.1, 0.15) is 21.6 Å². The number of pyridine rings is 1. The van der Waals surface area contributed by atoms with Crippen molar-refractivity contribution in [3.8, 4) is 11.1 Å². The minimum atomic E-state index is -1.16. The zero-order valence-corrected chi connectivity index (χ0v) is 10.2. The second kappa shape index (κ2) is 4.49. The lowest BCUT2D eigenvalue weighted by molar-refractivity contribution is -0.905. The van der Waals surface area contributed by atoms with Crippen molar-refractivity contribution in [1.29, 1.82) is 0 Å². The average Bonchev–Trinajstić information content (AvgIpc) is 2.32. The van der Waals surface area contributed by atoms with Crippen molar-refractivity contribution < 1.29 is 19.8 Å². The van der Waals surface area contributed by atoms with Gasteiger partial charge in [0, 0.05) is 10.8 Å². The number of aromatic nitrogens is 1. The number of aryl methyl sites for hydroxylation is 2. The summed E-state index contributed by atoms with van der Waals surface area (Å²) in [6.45, 7) is 4.04. The van der Waals surface area contributed by atoms with Crippen LogP contribution in [-0.2, 0) is 0 Å². The van der Waals surface area contributed by atoms with Gasteiger partial charge >= 0.3 is 11.7 Å². The SMILES string of the molecule is Cc1ccc(-c2ccc(C(=O)O)[n+](O)c2)cc1C. The van der Waals surface area contributed by atoms with Crippen molar-refractivity contribution in [2.24, 2.45) is 0 Å². The molecule has 0 spiro atoms. The molecule has 0 aliphatic heterocycles. The maximum atomic E-state index is 10.8. The molecule has 2 aromatic rings. The highest BCUT2D eigenvalue weighted by Crippen LogP contribution is 2.21. The molecular weight excluding hydrogens is 230 g/mol. The van der Waals surface area contributed by atoms with E-state index in [9.17, 15) is 10.0 Å². The topological polar surface area (TPSA) is 61.4 Å². The van der Waals surface area contributed by atoms with Gasteiger partial charge in [-0.15, -0.1) is 0 Å². The molecule has 1 aromatic heterocycles. The highest BCUT2D eigenvalue weighted by molar-refractivity contribution is 5.84. The molecule has 0 aliphatic rings. The smallest absolute Gasteiger partial charge is 0.406 e. The molecule has 0 unspecified atom stereocenters. The zero-order chi connectivity index (χ0) is 13.3. The van der Waals surface area contributed by atoms with E-state index in [2.05, 4.69) is 0 Å². The molecule has 1 heterocycles. The number of carboxylic acid groups (broad SMARTS) is 1. The molecule has 0 saturated carbocycles. The Morgan fingerprint density at radius 1 is 1.06 bits per heavy atom. The molecular formula is C14H14NO3+. The molecule has 0 fully saturated rings. The summed E-state index contributed by atoms with van der Waals surface area (Å²) in [4.78, 5) is 10.8. The summed E-state index contributed by atoms with van der Waals surface area (Å²) >= 11 is 0. The highest BCUT2D eigenvalue weighted by atomic mass is 16.5. The summed E-state index contributed by atoms with van der Waals surface area (Å²) in [6, 6.07) is 9.01. The number of carboxylic acids is 1. The zero-order valence-electron chi connectivity index (χ0n) is 10.2. The van der Waals surface area contributed by atoms with Crippen LogP contribution in [0.3, 0.4) is 0 Å². The van der Waals surface area contributed by atoms with E-state index in [0.29, 0.717) is 4.73 Å². The standard InChI is InChI=1S/C14H13NO3/c1-9-3-4-11(7-10(9)2)12-5-6-13(14(16)17)15(18)8-12/h3-8H,1-2H3,(H-,16,17,18)/p+1. The predicted molar refractivity (Wildman–Crippen MR) is 65.7 cm³/mol. The molecule has 0 amide bonds. The largest absolute Gasteiger partial charge is 0.473 e. The fraction of sp³-hybridized carbons (Fsp3) is 0.143. The second-order valence-electron chi connectivity index (χ2n) is 4.25. The third-order valence-electron chi connectivity index (χ3n) is 2.99. The number of carbonyl (C=O) groups is 1. The van der Waals surface area contributed by atoms with Crippen molar-refractivity contribution in [3.63, 3.8) is 0 Å². The Morgan fingerprint density at radius 2 is 1.72 bits per heavy atom. The summed E-state index contributed by atoms with van der Waals surface area (Å²) in [7, 11) is 0. The molecule has 18 heavy (non-hydrogen) atoms. The van der Waals surface area contributed by atoms with Gasteiger partial charge in [-0.25, -0.2) is 4.79 Å². The molecule has 2 N–H and O–H groups in total. The summed E-state index contributed by atoms with van der Waals surface area (Å²) in [5.74, 6) is -1.16. The maximum Gasteiger partial charge on any atom is 0.406 e. The summed E-state index contributed by atoms with van der Waals surface area (Å²) in [5.41, 5.74) is 3.89. The van der Waals surface area contributed by atoms with Crippen molar-refractivity contribution in [2.75, 3.05) is 0 Å². The number of rotatable bonds is 2. The van der Waals surface area contributed by atoms with Crippen LogP contribution < -0.4 is 4.73 Å². The van der Waals surface area contributed by atoms with E-state index in [-0.39, 0.29) is 5.69 Å². The Kier molecular flexibility index (Phi) is 3.02. The van der Waals surface area contributed by atoms with Gasteiger partial charge in [0.1, 0.15) is 0 Å². The maximum absolute atomic E-state index is 10.8. The molecule has 0 radical (unpaired) electrons. The van der Waals surface area contributed by atoms with E-state index >= 15 is 0 Å². The Hall–Kier alpha value is -2.36. The molecule has 4 heteroatoms. The highest BCUT2D eigenvalue weighted by Gasteiger charge is 2.19. The lowest BCUT2D eigenvalue weighted by Gasteiger charge is -2.04. The first-order valence-corrected chi connectivity index (χ1v) is 5.55. The van der Waals surface area contributed by atoms with E-state index < -0.39 is 5.97 Å². The van der Waals surface area contributed by atoms with Crippen LogP contribution in [0.5, 0.6) is 0 Å². The number of benzene rings is 1. The van der Waals surface area contributed by atoms with Gasteiger partial charge in [-0.1, -0.05) is 18.2 Å². The van der Waals surface area contributed by atoms with E-state index in [1.807, 2.05) is 32.0 Å². The van der Waals surface area contributed by atoms with Crippen molar-refractivity contribution >= 4 is 5.97 Å². The lowest BCUT2D eigenvalue weighted by atomic mass is 10.0. The third kappa shape index (κ3) is 2.18. The Morgan fingerprint density at radius 3 is 2.28 bits per heavy atom. The third-order valence-corrected chi connectivity index (χ3v) is 2.99. The Balaban J connectivity index is 2.48. The van der Waals surface area contributed by atoms with Crippen molar-refractivity contribution in [2.45, 2.75) is 13.8 Å². The van der Waals surface area contributed by atoms with Crippen LogP contribution in [0.2, 0.25) is 0 Å². The first-order valence-electron chi connectivity index (χ1n) is 5.55. The molecule has 2 rings (SSSR count). The number of hydrogen-bond donors (Lipinski definition) is 2. The number of hydrogen-bond acceptors (Lipinski definition) is 2. The van der Waals surface area contributed by atoms with Crippen LogP contribution in [0, 0.1) is 13.8 Å². The van der Waals surface area contributed by atoms with E-state index in [0.717, 1.165) is 16.7 Å². The molecule has 0 saturated heterocycles. The molecule has 92 valence electrons. The van der Waals surface area contributed by atoms with E-state index in [1.165, 1.54) is 17.8 Å². The van der Waals surface area contributed by atoms with Gasteiger partial charge in [0.25, 0.3) is 0 Å². The average molecular weight is 244 g/mol. The van der Waals surface area contributed by atoms with E-state index in [1.54, 1.807) is 6.07 Å².